The normalized spacial score (nSPS) is 18.5. The topological polar surface area (TPSA) is 46.3 Å². The van der Waals surface area contributed by atoms with Crippen molar-refractivity contribution in [1.29, 1.82) is 0 Å². The number of benzene rings is 1. The molecule has 0 aliphatic carbocycles. The van der Waals surface area contributed by atoms with Gasteiger partial charge in [0.2, 0.25) is 0 Å². The number of likely N-dealkylation sites (tertiary alicyclic amines) is 1. The van der Waals surface area contributed by atoms with Crippen molar-refractivity contribution in [1.82, 2.24) is 24.5 Å². The smallest absolute Gasteiger partial charge is 0.252 e. The molecular weight excluding hydrogens is 360 g/mol. The highest BCUT2D eigenvalue weighted by Gasteiger charge is 2.25. The first-order valence-corrected chi connectivity index (χ1v) is 8.92. The molecule has 3 heterocycles. The van der Waals surface area contributed by atoms with E-state index in [1.54, 1.807) is 4.52 Å². The molecule has 4 rings (SSSR count). The summed E-state index contributed by atoms with van der Waals surface area (Å²) >= 11 is 5.57. The lowest BCUT2D eigenvalue weighted by Crippen LogP contribution is -2.34. The number of fused-ring (bicyclic) bond motifs is 1. The monoisotopic (exact) mass is 377 g/mol. The number of hydrogen-bond acceptors (Lipinski definition) is 4. The van der Waals surface area contributed by atoms with Crippen LogP contribution in [0.2, 0.25) is 5.02 Å². The quantitative estimate of drug-likeness (QED) is 0.652. The molecule has 26 heavy (non-hydrogen) atoms. The van der Waals surface area contributed by atoms with E-state index in [1.807, 2.05) is 13.0 Å². The lowest BCUT2D eigenvalue weighted by Gasteiger charge is -2.33. The second-order valence-electron chi connectivity index (χ2n) is 6.74. The SMILES string of the molecule is Cc1cc([C@@H]2CCCN(Cc3cc(F)c(Cl)c(F)c3)C2)n2ncnc2n1. The molecule has 1 aliphatic rings. The van der Waals surface area contributed by atoms with Gasteiger partial charge in [-0.25, -0.2) is 18.3 Å². The highest BCUT2D eigenvalue weighted by Crippen LogP contribution is 2.29. The lowest BCUT2D eigenvalue weighted by atomic mass is 9.93. The number of piperidine rings is 1. The van der Waals surface area contributed by atoms with E-state index in [-0.39, 0.29) is 5.92 Å². The Kier molecular flexibility index (Phi) is 4.58. The summed E-state index contributed by atoms with van der Waals surface area (Å²) in [5.74, 6) is -0.579. The van der Waals surface area contributed by atoms with Crippen LogP contribution in [0.25, 0.3) is 5.78 Å². The molecule has 0 amide bonds. The first-order valence-electron chi connectivity index (χ1n) is 8.54. The Labute approximate surface area is 154 Å². The van der Waals surface area contributed by atoms with Gasteiger partial charge in [0.05, 0.1) is 5.69 Å². The molecule has 136 valence electrons. The van der Waals surface area contributed by atoms with Gasteiger partial charge in [-0.1, -0.05) is 11.6 Å². The van der Waals surface area contributed by atoms with Crippen molar-refractivity contribution in [2.75, 3.05) is 13.1 Å². The van der Waals surface area contributed by atoms with Gasteiger partial charge in [-0.2, -0.15) is 10.1 Å². The van der Waals surface area contributed by atoms with Crippen molar-refractivity contribution in [3.63, 3.8) is 0 Å². The van der Waals surface area contributed by atoms with Gasteiger partial charge >= 0.3 is 0 Å². The maximum Gasteiger partial charge on any atom is 0.252 e. The molecule has 0 N–H and O–H groups in total. The van der Waals surface area contributed by atoms with Gasteiger partial charge in [0, 0.05) is 24.7 Å². The summed E-state index contributed by atoms with van der Waals surface area (Å²) in [6, 6.07) is 4.65. The average Bonchev–Trinajstić information content (AvgIpc) is 3.07. The van der Waals surface area contributed by atoms with Crippen LogP contribution in [0.3, 0.4) is 0 Å². The summed E-state index contributed by atoms with van der Waals surface area (Å²) in [6.45, 7) is 4.08. The van der Waals surface area contributed by atoms with Gasteiger partial charge in [-0.15, -0.1) is 0 Å². The Morgan fingerprint density at radius 2 is 2.00 bits per heavy atom. The van der Waals surface area contributed by atoms with Crippen molar-refractivity contribution in [3.05, 3.63) is 58.1 Å². The molecule has 0 spiro atoms. The molecule has 8 heteroatoms. The molecule has 0 saturated carbocycles. The summed E-state index contributed by atoms with van der Waals surface area (Å²) in [7, 11) is 0. The third-order valence-electron chi connectivity index (χ3n) is 4.78. The van der Waals surface area contributed by atoms with Crippen LogP contribution < -0.4 is 0 Å². The van der Waals surface area contributed by atoms with Crippen LogP contribution in [-0.2, 0) is 6.54 Å². The van der Waals surface area contributed by atoms with E-state index in [4.69, 9.17) is 11.6 Å². The first-order chi connectivity index (χ1) is 12.5. The van der Waals surface area contributed by atoms with Crippen molar-refractivity contribution >= 4 is 17.4 Å². The van der Waals surface area contributed by atoms with Gasteiger partial charge in [0.15, 0.2) is 0 Å². The van der Waals surface area contributed by atoms with Crippen molar-refractivity contribution in [2.45, 2.75) is 32.2 Å². The number of aryl methyl sites for hydroxylation is 1. The molecule has 1 saturated heterocycles. The Hall–Kier alpha value is -2.12. The summed E-state index contributed by atoms with van der Waals surface area (Å²) in [6.07, 6.45) is 3.53. The number of rotatable bonds is 3. The maximum atomic E-state index is 13.7. The Morgan fingerprint density at radius 1 is 1.23 bits per heavy atom. The molecule has 2 aromatic heterocycles. The van der Waals surface area contributed by atoms with Crippen LogP contribution in [-0.4, -0.2) is 37.6 Å². The minimum absolute atomic E-state index is 0.261. The van der Waals surface area contributed by atoms with E-state index in [1.165, 1.54) is 18.5 Å². The number of hydrogen-bond donors (Lipinski definition) is 0. The van der Waals surface area contributed by atoms with Crippen LogP contribution >= 0.6 is 11.6 Å². The molecule has 3 aromatic rings. The van der Waals surface area contributed by atoms with Crippen LogP contribution in [0.5, 0.6) is 0 Å². The van der Waals surface area contributed by atoms with E-state index < -0.39 is 16.7 Å². The highest BCUT2D eigenvalue weighted by atomic mass is 35.5. The zero-order valence-corrected chi connectivity index (χ0v) is 15.0. The van der Waals surface area contributed by atoms with Gasteiger partial charge in [0.25, 0.3) is 5.78 Å². The van der Waals surface area contributed by atoms with E-state index in [0.29, 0.717) is 17.9 Å². The van der Waals surface area contributed by atoms with E-state index in [9.17, 15) is 8.78 Å². The van der Waals surface area contributed by atoms with Gasteiger partial charge in [0.1, 0.15) is 23.0 Å². The Balaban J connectivity index is 1.57. The first kappa shape index (κ1) is 17.3. The lowest BCUT2D eigenvalue weighted by molar-refractivity contribution is 0.197. The van der Waals surface area contributed by atoms with Crippen LogP contribution in [0.15, 0.2) is 24.5 Å². The molecule has 1 aromatic carbocycles. The largest absolute Gasteiger partial charge is 0.298 e. The minimum atomic E-state index is -0.718. The molecule has 1 fully saturated rings. The fraction of sp³-hybridized carbons (Fsp3) is 0.389. The molecular formula is C18H18ClF2N5. The average molecular weight is 378 g/mol. The molecule has 0 radical (unpaired) electrons. The fourth-order valence-electron chi connectivity index (χ4n) is 3.65. The summed E-state index contributed by atoms with van der Waals surface area (Å²) in [4.78, 5) is 10.8. The molecule has 1 atom stereocenters. The second-order valence-corrected chi connectivity index (χ2v) is 7.12. The van der Waals surface area contributed by atoms with Crippen LogP contribution in [0, 0.1) is 18.6 Å². The van der Waals surface area contributed by atoms with E-state index in [2.05, 4.69) is 20.0 Å². The standard InChI is InChI=1S/C18H18ClF2N5/c1-11-5-16(26-18(24-11)22-10-23-26)13-3-2-4-25(9-13)8-12-6-14(20)17(19)15(21)7-12/h5-7,10,13H,2-4,8-9H2,1H3/t13-/m1/s1. The summed E-state index contributed by atoms with van der Waals surface area (Å²) in [5.41, 5.74) is 2.56. The highest BCUT2D eigenvalue weighted by molar-refractivity contribution is 6.30. The van der Waals surface area contributed by atoms with Crippen molar-refractivity contribution in [2.24, 2.45) is 0 Å². The van der Waals surface area contributed by atoms with Crippen molar-refractivity contribution < 1.29 is 8.78 Å². The number of nitrogens with zero attached hydrogens (tertiary/aromatic N) is 5. The Bertz CT molecular complexity index is 935. The van der Waals surface area contributed by atoms with Gasteiger partial charge in [-0.3, -0.25) is 4.90 Å². The molecule has 0 bridgehead atoms. The Morgan fingerprint density at radius 3 is 2.77 bits per heavy atom. The van der Waals surface area contributed by atoms with E-state index >= 15 is 0 Å². The zero-order valence-electron chi connectivity index (χ0n) is 14.3. The number of halogens is 3. The minimum Gasteiger partial charge on any atom is -0.298 e. The van der Waals surface area contributed by atoms with Crippen LogP contribution in [0.1, 0.15) is 35.7 Å². The van der Waals surface area contributed by atoms with Gasteiger partial charge < -0.3 is 0 Å². The summed E-state index contributed by atoms with van der Waals surface area (Å²) < 4.78 is 29.2. The predicted octanol–water partition coefficient (Wildman–Crippen LogP) is 3.74. The van der Waals surface area contributed by atoms with Gasteiger partial charge in [-0.05, 0) is 50.1 Å². The predicted molar refractivity (Wildman–Crippen MR) is 94.1 cm³/mol. The molecule has 1 aliphatic heterocycles. The summed E-state index contributed by atoms with van der Waals surface area (Å²) in [5, 5.41) is 3.83. The van der Waals surface area contributed by atoms with Crippen molar-refractivity contribution in [3.8, 4) is 0 Å². The zero-order chi connectivity index (χ0) is 18.3. The maximum absolute atomic E-state index is 13.7. The van der Waals surface area contributed by atoms with E-state index in [0.717, 1.165) is 37.3 Å². The second kappa shape index (κ2) is 6.89. The number of aromatic nitrogens is 4. The molecule has 0 unspecified atom stereocenters. The third kappa shape index (κ3) is 3.29. The fourth-order valence-corrected chi connectivity index (χ4v) is 3.76. The van der Waals surface area contributed by atoms with Crippen LogP contribution in [0.4, 0.5) is 8.78 Å². The molecule has 5 nitrogen and oxygen atoms in total. The third-order valence-corrected chi connectivity index (χ3v) is 5.14.